The first-order chi connectivity index (χ1) is 14.6. The number of halogens is 1. The number of nitrogens with zero attached hydrogens (tertiary/aromatic N) is 4. The standard InChI is InChI=1S/C22H16FN5OS/c1-24-21(30)17-4-3-14(10-18(17)23)19-12-26-22-25-11-16(28(22)27-19)9-13-2-5-20-15(8-13)6-7-29-20/h2-8,10-12H,9H2,1H3,(H,24,30). The fraction of sp³-hybridized carbons (Fsp3) is 0.0909. The molecule has 5 aromatic rings. The molecule has 8 heteroatoms. The van der Waals surface area contributed by atoms with E-state index in [2.05, 4.69) is 26.4 Å². The monoisotopic (exact) mass is 417 g/mol. The van der Waals surface area contributed by atoms with Crippen molar-refractivity contribution in [3.8, 4) is 11.3 Å². The van der Waals surface area contributed by atoms with Crippen molar-refractivity contribution in [3.05, 3.63) is 83.8 Å². The van der Waals surface area contributed by atoms with Crippen LogP contribution in [0.25, 0.3) is 28.0 Å². The smallest absolute Gasteiger partial charge is 0.250 e. The maximum absolute atomic E-state index is 14.5. The van der Waals surface area contributed by atoms with Crippen LogP contribution in [0, 0.1) is 5.82 Å². The van der Waals surface area contributed by atoms with Crippen LogP contribution in [0.15, 0.2) is 65.5 Å². The van der Waals surface area contributed by atoms with Crippen molar-refractivity contribution in [1.82, 2.24) is 24.9 Å². The number of rotatable bonds is 4. The number of imidazole rings is 1. The molecule has 0 saturated heterocycles. The predicted octanol–water partition coefficient (Wildman–Crippen LogP) is 4.16. The molecule has 0 saturated carbocycles. The van der Waals surface area contributed by atoms with Crippen LogP contribution < -0.4 is 5.32 Å². The van der Waals surface area contributed by atoms with Gasteiger partial charge in [-0.15, -0.1) is 0 Å². The molecule has 0 aliphatic carbocycles. The zero-order chi connectivity index (χ0) is 20.7. The summed E-state index contributed by atoms with van der Waals surface area (Å²) in [4.78, 5) is 9.07. The molecule has 3 aromatic heterocycles. The van der Waals surface area contributed by atoms with Crippen molar-refractivity contribution < 1.29 is 8.81 Å². The van der Waals surface area contributed by atoms with Crippen molar-refractivity contribution in [1.29, 1.82) is 0 Å². The van der Waals surface area contributed by atoms with Crippen LogP contribution in [0.4, 0.5) is 4.39 Å². The van der Waals surface area contributed by atoms with E-state index in [9.17, 15) is 4.39 Å². The minimum Gasteiger partial charge on any atom is -0.464 e. The number of nitrogens with one attached hydrogen (secondary N) is 1. The highest BCUT2D eigenvalue weighted by molar-refractivity contribution is 7.80. The van der Waals surface area contributed by atoms with Gasteiger partial charge < -0.3 is 9.73 Å². The maximum Gasteiger partial charge on any atom is 0.250 e. The van der Waals surface area contributed by atoms with E-state index in [0.717, 1.165) is 22.2 Å². The van der Waals surface area contributed by atoms with Crippen molar-refractivity contribution in [2.24, 2.45) is 0 Å². The summed E-state index contributed by atoms with van der Waals surface area (Å²) in [6, 6.07) is 12.8. The Morgan fingerprint density at radius 2 is 2.00 bits per heavy atom. The molecule has 0 fully saturated rings. The predicted molar refractivity (Wildman–Crippen MR) is 116 cm³/mol. The van der Waals surface area contributed by atoms with Crippen molar-refractivity contribution in [2.45, 2.75) is 6.42 Å². The van der Waals surface area contributed by atoms with Gasteiger partial charge >= 0.3 is 0 Å². The molecule has 1 N–H and O–H groups in total. The van der Waals surface area contributed by atoms with E-state index < -0.39 is 5.82 Å². The lowest BCUT2D eigenvalue weighted by Crippen LogP contribution is -2.17. The summed E-state index contributed by atoms with van der Waals surface area (Å²) >= 11 is 5.13. The second-order valence-electron chi connectivity index (χ2n) is 6.85. The summed E-state index contributed by atoms with van der Waals surface area (Å²) in [7, 11) is 1.67. The first-order valence-electron chi connectivity index (χ1n) is 9.30. The lowest BCUT2D eigenvalue weighted by atomic mass is 10.1. The third-order valence-corrected chi connectivity index (χ3v) is 5.36. The van der Waals surface area contributed by atoms with Crippen LogP contribution in [-0.4, -0.2) is 31.6 Å². The van der Waals surface area contributed by atoms with Crippen LogP contribution in [0.2, 0.25) is 0 Å². The third kappa shape index (κ3) is 3.21. The minimum atomic E-state index is -0.409. The molecule has 0 bridgehead atoms. The first kappa shape index (κ1) is 18.4. The highest BCUT2D eigenvalue weighted by Crippen LogP contribution is 2.22. The molecule has 0 spiro atoms. The summed E-state index contributed by atoms with van der Waals surface area (Å²) in [6.45, 7) is 0. The van der Waals surface area contributed by atoms with Crippen LogP contribution >= 0.6 is 12.2 Å². The van der Waals surface area contributed by atoms with E-state index in [0.29, 0.717) is 34.0 Å². The van der Waals surface area contributed by atoms with Crippen molar-refractivity contribution >= 4 is 34.0 Å². The Labute approximate surface area is 176 Å². The van der Waals surface area contributed by atoms with E-state index >= 15 is 0 Å². The SMILES string of the molecule is CNC(=S)c1ccc(-c2cnc3ncc(Cc4ccc5occc5c4)n3n2)cc1F. The molecule has 6 nitrogen and oxygen atoms in total. The van der Waals surface area contributed by atoms with Gasteiger partial charge in [-0.3, -0.25) is 0 Å². The first-order valence-corrected chi connectivity index (χ1v) is 9.71. The lowest BCUT2D eigenvalue weighted by molar-refractivity contribution is 0.616. The van der Waals surface area contributed by atoms with E-state index in [4.69, 9.17) is 16.6 Å². The number of hydrogen-bond acceptors (Lipinski definition) is 5. The molecule has 2 aromatic carbocycles. The zero-order valence-electron chi connectivity index (χ0n) is 16.0. The normalized spacial score (nSPS) is 11.3. The Morgan fingerprint density at radius 3 is 2.83 bits per heavy atom. The Bertz CT molecular complexity index is 1410. The number of furan rings is 1. The van der Waals surface area contributed by atoms with Gasteiger partial charge in [0, 0.05) is 30.0 Å². The molecular weight excluding hydrogens is 401 g/mol. The Morgan fingerprint density at radius 1 is 1.13 bits per heavy atom. The van der Waals surface area contributed by atoms with Gasteiger partial charge in [0.25, 0.3) is 5.78 Å². The fourth-order valence-corrected chi connectivity index (χ4v) is 3.57. The molecule has 0 amide bonds. The highest BCUT2D eigenvalue weighted by Gasteiger charge is 2.13. The molecule has 0 aliphatic rings. The molecular formula is C22H16FN5OS. The van der Waals surface area contributed by atoms with E-state index in [1.807, 2.05) is 18.2 Å². The molecule has 0 unspecified atom stereocenters. The van der Waals surface area contributed by atoms with Gasteiger partial charge in [-0.1, -0.05) is 24.4 Å². The van der Waals surface area contributed by atoms with Crippen molar-refractivity contribution in [3.63, 3.8) is 0 Å². The Hall–Kier alpha value is -3.65. The summed E-state index contributed by atoms with van der Waals surface area (Å²) in [5.74, 6) is 0.0830. The van der Waals surface area contributed by atoms with E-state index in [-0.39, 0.29) is 0 Å². The largest absolute Gasteiger partial charge is 0.464 e. The average molecular weight is 417 g/mol. The van der Waals surface area contributed by atoms with Crippen LogP contribution in [0.1, 0.15) is 16.8 Å². The van der Waals surface area contributed by atoms with Gasteiger partial charge in [0.05, 0.1) is 24.4 Å². The molecule has 30 heavy (non-hydrogen) atoms. The number of benzene rings is 2. The van der Waals surface area contributed by atoms with Gasteiger partial charge in [0.1, 0.15) is 22.1 Å². The molecule has 0 aliphatic heterocycles. The van der Waals surface area contributed by atoms with Crippen LogP contribution in [0.3, 0.4) is 0 Å². The van der Waals surface area contributed by atoms with Crippen LogP contribution in [-0.2, 0) is 6.42 Å². The van der Waals surface area contributed by atoms with Gasteiger partial charge in [0.2, 0.25) is 0 Å². The Kier molecular flexibility index (Phi) is 4.48. The summed E-state index contributed by atoms with van der Waals surface area (Å²) < 4.78 is 21.6. The number of hydrogen-bond donors (Lipinski definition) is 1. The average Bonchev–Trinajstić information content (AvgIpc) is 3.39. The Balaban J connectivity index is 1.51. The lowest BCUT2D eigenvalue weighted by Gasteiger charge is -2.08. The highest BCUT2D eigenvalue weighted by atomic mass is 32.1. The molecule has 0 atom stereocenters. The molecule has 0 radical (unpaired) electrons. The third-order valence-electron chi connectivity index (χ3n) is 4.94. The zero-order valence-corrected chi connectivity index (χ0v) is 16.8. The number of thiocarbonyl (C=S) groups is 1. The van der Waals surface area contributed by atoms with Crippen LogP contribution in [0.5, 0.6) is 0 Å². The minimum absolute atomic E-state index is 0.350. The fourth-order valence-electron chi connectivity index (χ4n) is 3.40. The maximum atomic E-state index is 14.5. The number of aromatic nitrogens is 4. The summed E-state index contributed by atoms with van der Waals surface area (Å²) in [6.07, 6.45) is 5.65. The van der Waals surface area contributed by atoms with Gasteiger partial charge in [-0.2, -0.15) is 5.10 Å². The number of fused-ring (bicyclic) bond motifs is 2. The van der Waals surface area contributed by atoms with E-state index in [1.54, 1.807) is 42.4 Å². The second kappa shape index (κ2) is 7.31. The van der Waals surface area contributed by atoms with E-state index in [1.165, 1.54) is 6.07 Å². The van der Waals surface area contributed by atoms with Gasteiger partial charge in [0.15, 0.2) is 0 Å². The summed E-state index contributed by atoms with van der Waals surface area (Å²) in [5, 5.41) is 8.48. The van der Waals surface area contributed by atoms with Gasteiger partial charge in [-0.05, 0) is 35.9 Å². The molecule has 5 rings (SSSR count). The molecule has 3 heterocycles. The van der Waals surface area contributed by atoms with Crippen molar-refractivity contribution in [2.75, 3.05) is 7.05 Å². The quantitative estimate of drug-likeness (QED) is 0.443. The summed E-state index contributed by atoms with van der Waals surface area (Å²) in [5.41, 5.74) is 4.35. The molecule has 148 valence electrons. The second-order valence-corrected chi connectivity index (χ2v) is 7.26. The topological polar surface area (TPSA) is 68.2 Å². The van der Waals surface area contributed by atoms with Gasteiger partial charge in [-0.25, -0.2) is 18.9 Å².